The van der Waals surface area contributed by atoms with Gasteiger partial charge in [-0.05, 0) is 26.0 Å². The number of esters is 1. The summed E-state index contributed by atoms with van der Waals surface area (Å²) in [6.45, 7) is 4.04. The van der Waals surface area contributed by atoms with Gasteiger partial charge in [0.25, 0.3) is 0 Å². The van der Waals surface area contributed by atoms with Crippen molar-refractivity contribution in [2.75, 3.05) is 6.61 Å². The number of halogens is 1. The first kappa shape index (κ1) is 14.9. The Balaban J connectivity index is 0.00000225. The van der Waals surface area contributed by atoms with Gasteiger partial charge in [-0.25, -0.2) is 0 Å². The minimum atomic E-state index is -0.385. The molecule has 4 nitrogen and oxygen atoms in total. The summed E-state index contributed by atoms with van der Waals surface area (Å²) in [5, 5.41) is 0. The van der Waals surface area contributed by atoms with Crippen molar-refractivity contribution in [1.29, 1.82) is 0 Å². The van der Waals surface area contributed by atoms with Crippen molar-refractivity contribution in [2.24, 2.45) is 5.73 Å². The summed E-state index contributed by atoms with van der Waals surface area (Å²) < 4.78 is 4.82. The minimum Gasteiger partial charge on any atom is -0.466 e. The lowest BCUT2D eigenvalue weighted by atomic mass is 10.1. The monoisotopic (exact) mass is 244 g/mol. The molecule has 0 saturated carbocycles. The molecule has 0 saturated heterocycles. The smallest absolute Gasteiger partial charge is 0.307 e. The van der Waals surface area contributed by atoms with Crippen LogP contribution in [-0.4, -0.2) is 17.6 Å². The Morgan fingerprint density at radius 2 is 2.25 bits per heavy atom. The van der Waals surface area contributed by atoms with E-state index < -0.39 is 0 Å². The molecule has 0 bridgehead atoms. The summed E-state index contributed by atoms with van der Waals surface area (Å²) in [4.78, 5) is 15.4. The zero-order valence-corrected chi connectivity index (χ0v) is 10.3. The van der Waals surface area contributed by atoms with Gasteiger partial charge in [-0.2, -0.15) is 0 Å². The Kier molecular flexibility index (Phi) is 6.69. The molecule has 0 amide bonds. The molecule has 1 aromatic rings. The Morgan fingerprint density at radius 3 is 2.81 bits per heavy atom. The average Bonchev–Trinajstić information content (AvgIpc) is 2.18. The summed E-state index contributed by atoms with van der Waals surface area (Å²) in [6.07, 6.45) is 0.171. The molecule has 1 heterocycles. The molecule has 0 aromatic carbocycles. The van der Waals surface area contributed by atoms with Crippen LogP contribution in [0.1, 0.15) is 30.8 Å². The van der Waals surface area contributed by atoms with Crippen molar-refractivity contribution in [2.45, 2.75) is 26.3 Å². The van der Waals surface area contributed by atoms with Gasteiger partial charge in [-0.3, -0.25) is 9.78 Å². The van der Waals surface area contributed by atoms with Crippen LogP contribution in [0.3, 0.4) is 0 Å². The molecule has 0 unspecified atom stereocenters. The number of pyridine rings is 1. The van der Waals surface area contributed by atoms with Gasteiger partial charge < -0.3 is 10.5 Å². The van der Waals surface area contributed by atoms with Crippen molar-refractivity contribution in [3.63, 3.8) is 0 Å². The number of nitrogens with two attached hydrogens (primary N) is 1. The van der Waals surface area contributed by atoms with Crippen LogP contribution < -0.4 is 5.73 Å². The fourth-order valence-electron chi connectivity index (χ4n) is 1.27. The second kappa shape index (κ2) is 7.19. The molecule has 0 aliphatic heterocycles. The van der Waals surface area contributed by atoms with E-state index in [0.717, 1.165) is 11.4 Å². The maximum Gasteiger partial charge on any atom is 0.307 e. The van der Waals surface area contributed by atoms with Gasteiger partial charge in [0.2, 0.25) is 0 Å². The van der Waals surface area contributed by atoms with E-state index in [1.165, 1.54) is 0 Å². The van der Waals surface area contributed by atoms with Crippen LogP contribution in [0.4, 0.5) is 0 Å². The van der Waals surface area contributed by atoms with Crippen LogP contribution in [0.15, 0.2) is 18.2 Å². The van der Waals surface area contributed by atoms with Gasteiger partial charge in [0, 0.05) is 5.69 Å². The Morgan fingerprint density at radius 1 is 1.56 bits per heavy atom. The molecule has 16 heavy (non-hydrogen) atoms. The highest BCUT2D eigenvalue weighted by Gasteiger charge is 2.13. The zero-order chi connectivity index (χ0) is 11.3. The fraction of sp³-hybridized carbons (Fsp3) is 0.455. The molecule has 1 rings (SSSR count). The molecule has 1 aromatic heterocycles. The first-order valence-corrected chi connectivity index (χ1v) is 4.98. The van der Waals surface area contributed by atoms with Crippen molar-refractivity contribution in [1.82, 2.24) is 4.98 Å². The van der Waals surface area contributed by atoms with Gasteiger partial charge in [0.1, 0.15) is 0 Å². The molecule has 0 aliphatic rings. The predicted molar refractivity (Wildman–Crippen MR) is 64.4 cm³/mol. The van der Waals surface area contributed by atoms with E-state index in [2.05, 4.69) is 4.98 Å². The van der Waals surface area contributed by atoms with E-state index in [1.54, 1.807) is 6.92 Å². The Bertz CT molecular complexity index is 345. The molecule has 0 radical (unpaired) electrons. The van der Waals surface area contributed by atoms with E-state index in [0.29, 0.717) is 6.61 Å². The summed E-state index contributed by atoms with van der Waals surface area (Å²) in [5.41, 5.74) is 7.45. The largest absolute Gasteiger partial charge is 0.466 e. The minimum absolute atomic E-state index is 0. The van der Waals surface area contributed by atoms with Crippen LogP contribution in [-0.2, 0) is 9.53 Å². The second-order valence-electron chi connectivity index (χ2n) is 3.32. The van der Waals surface area contributed by atoms with Gasteiger partial charge >= 0.3 is 5.97 Å². The summed E-state index contributed by atoms with van der Waals surface area (Å²) in [5.74, 6) is -0.284. The predicted octanol–water partition coefficient (Wildman–Crippen LogP) is 1.76. The highest BCUT2D eigenvalue weighted by atomic mass is 35.5. The lowest BCUT2D eigenvalue weighted by Gasteiger charge is -2.10. The quantitative estimate of drug-likeness (QED) is 0.820. The third-order valence-corrected chi connectivity index (χ3v) is 1.98. The van der Waals surface area contributed by atoms with Crippen molar-refractivity contribution in [3.8, 4) is 0 Å². The third kappa shape index (κ3) is 4.59. The topological polar surface area (TPSA) is 65.2 Å². The summed E-state index contributed by atoms with van der Waals surface area (Å²) in [7, 11) is 0. The average molecular weight is 245 g/mol. The van der Waals surface area contributed by atoms with Crippen LogP contribution in [0.25, 0.3) is 0 Å². The van der Waals surface area contributed by atoms with Gasteiger partial charge in [-0.15, -0.1) is 12.4 Å². The summed E-state index contributed by atoms with van der Waals surface area (Å²) >= 11 is 0. The van der Waals surface area contributed by atoms with Crippen molar-refractivity contribution in [3.05, 3.63) is 29.6 Å². The lowest BCUT2D eigenvalue weighted by molar-refractivity contribution is -0.143. The molecule has 0 fully saturated rings. The first-order chi connectivity index (χ1) is 7.13. The molecule has 5 heteroatoms. The number of aromatic nitrogens is 1. The first-order valence-electron chi connectivity index (χ1n) is 4.98. The number of hydrogen-bond acceptors (Lipinski definition) is 4. The Hall–Kier alpha value is -1.13. The van der Waals surface area contributed by atoms with Crippen molar-refractivity contribution >= 4 is 18.4 Å². The van der Waals surface area contributed by atoms with Crippen LogP contribution in [0.5, 0.6) is 0 Å². The SMILES string of the molecule is CCOC(=O)C[C@@H](N)c1cccc(C)n1.Cl. The summed E-state index contributed by atoms with van der Waals surface area (Å²) in [6, 6.07) is 5.20. The van der Waals surface area contributed by atoms with E-state index in [4.69, 9.17) is 10.5 Å². The molecule has 0 spiro atoms. The highest BCUT2D eigenvalue weighted by Crippen LogP contribution is 2.12. The fourth-order valence-corrected chi connectivity index (χ4v) is 1.27. The lowest BCUT2D eigenvalue weighted by Crippen LogP contribution is -2.18. The zero-order valence-electron chi connectivity index (χ0n) is 9.47. The van der Waals surface area contributed by atoms with Gasteiger partial charge in [0.05, 0.1) is 24.8 Å². The number of aryl methyl sites for hydroxylation is 1. The van der Waals surface area contributed by atoms with Crippen LogP contribution in [0.2, 0.25) is 0 Å². The molecule has 90 valence electrons. The molecule has 2 N–H and O–H groups in total. The molecular weight excluding hydrogens is 228 g/mol. The second-order valence-corrected chi connectivity index (χ2v) is 3.32. The van der Waals surface area contributed by atoms with Crippen LogP contribution >= 0.6 is 12.4 Å². The van der Waals surface area contributed by atoms with Crippen LogP contribution in [0, 0.1) is 6.92 Å². The van der Waals surface area contributed by atoms with Crippen molar-refractivity contribution < 1.29 is 9.53 Å². The number of ether oxygens (including phenoxy) is 1. The standard InChI is InChI=1S/C11H16N2O2.ClH/c1-3-15-11(14)7-9(12)10-6-4-5-8(2)13-10;/h4-6,9H,3,7,12H2,1-2H3;1H/t9-;/m1./s1. The maximum atomic E-state index is 11.2. The number of nitrogens with zero attached hydrogens (tertiary/aromatic N) is 1. The Labute approximate surface area is 102 Å². The highest BCUT2D eigenvalue weighted by molar-refractivity contribution is 5.85. The van der Waals surface area contributed by atoms with Gasteiger partial charge in [-0.1, -0.05) is 6.07 Å². The maximum absolute atomic E-state index is 11.2. The van der Waals surface area contributed by atoms with Gasteiger partial charge in [0.15, 0.2) is 0 Å². The van der Waals surface area contributed by atoms with E-state index >= 15 is 0 Å². The third-order valence-electron chi connectivity index (χ3n) is 1.98. The molecule has 1 atom stereocenters. The number of rotatable bonds is 4. The number of carbonyl (C=O) groups excluding carboxylic acids is 1. The molecule has 0 aliphatic carbocycles. The van der Waals surface area contributed by atoms with E-state index in [-0.39, 0.29) is 30.8 Å². The number of hydrogen-bond donors (Lipinski definition) is 1. The normalized spacial score (nSPS) is 11.4. The van der Waals surface area contributed by atoms with E-state index in [1.807, 2.05) is 25.1 Å². The number of carbonyl (C=O) groups is 1. The van der Waals surface area contributed by atoms with E-state index in [9.17, 15) is 4.79 Å². The molecular formula is C11H17ClN2O2.